The number of aliphatic hydroxyl groups excluding tert-OH is 2. The second-order valence-corrected chi connectivity index (χ2v) is 13.7. The van der Waals surface area contributed by atoms with Crippen LogP contribution in [0.15, 0.2) is 12.2 Å². The van der Waals surface area contributed by atoms with Crippen LogP contribution in [0.25, 0.3) is 0 Å². The summed E-state index contributed by atoms with van der Waals surface area (Å²) in [6.07, 6.45) is 26.2. The summed E-state index contributed by atoms with van der Waals surface area (Å²) < 4.78 is 32.4. The van der Waals surface area contributed by atoms with E-state index >= 15 is 0 Å². The first kappa shape index (κ1) is 44.7. The molecule has 11 heteroatoms. The van der Waals surface area contributed by atoms with Crippen molar-refractivity contribution in [2.75, 3.05) is 26.4 Å². The zero-order valence-electron chi connectivity index (χ0n) is 29.0. The van der Waals surface area contributed by atoms with Crippen LogP contribution < -0.4 is 0 Å². The van der Waals surface area contributed by atoms with Crippen LogP contribution >= 0.6 is 7.82 Å². The fourth-order valence-electron chi connectivity index (χ4n) is 4.81. The average molecular weight is 679 g/mol. The van der Waals surface area contributed by atoms with Gasteiger partial charge in [-0.25, -0.2) is 4.57 Å². The normalized spacial score (nSPS) is 14.3. The Labute approximate surface area is 279 Å². The van der Waals surface area contributed by atoms with Crippen molar-refractivity contribution >= 4 is 19.8 Å². The lowest BCUT2D eigenvalue weighted by molar-refractivity contribution is -0.161. The van der Waals surface area contributed by atoms with E-state index in [1.807, 2.05) is 0 Å². The van der Waals surface area contributed by atoms with Gasteiger partial charge in [0.2, 0.25) is 0 Å². The van der Waals surface area contributed by atoms with E-state index < -0.39 is 51.8 Å². The van der Waals surface area contributed by atoms with Gasteiger partial charge in [-0.1, -0.05) is 122 Å². The molecule has 272 valence electrons. The molecule has 0 saturated carbocycles. The van der Waals surface area contributed by atoms with Gasteiger partial charge in [-0.2, -0.15) is 0 Å². The van der Waals surface area contributed by atoms with E-state index in [2.05, 4.69) is 30.5 Å². The molecule has 46 heavy (non-hydrogen) atoms. The third-order valence-corrected chi connectivity index (χ3v) is 8.62. The first-order valence-electron chi connectivity index (χ1n) is 18.1. The summed E-state index contributed by atoms with van der Waals surface area (Å²) in [5, 5.41) is 18.2. The number of aliphatic hydroxyl groups is 2. The summed E-state index contributed by atoms with van der Waals surface area (Å²) in [5.74, 6) is -0.937. The Bertz CT molecular complexity index is 791. The van der Waals surface area contributed by atoms with Crippen molar-refractivity contribution in [3.8, 4) is 0 Å². The smallest absolute Gasteiger partial charge is 0.462 e. The number of hydrogen-bond donors (Lipinski definition) is 3. The molecule has 0 amide bonds. The molecule has 0 saturated heterocycles. The molecular formula is C35H67O10P. The Hall–Kier alpha value is -1.29. The maximum Gasteiger partial charge on any atom is 0.472 e. The monoisotopic (exact) mass is 678 g/mol. The van der Waals surface area contributed by atoms with Gasteiger partial charge >= 0.3 is 19.8 Å². The minimum Gasteiger partial charge on any atom is -0.462 e. The predicted octanol–water partition coefficient (Wildman–Crippen LogP) is 8.50. The lowest BCUT2D eigenvalue weighted by atomic mass is 10.1. The number of rotatable bonds is 34. The molecule has 0 heterocycles. The van der Waals surface area contributed by atoms with Gasteiger partial charge in [-0.3, -0.25) is 18.6 Å². The van der Waals surface area contributed by atoms with Crippen molar-refractivity contribution in [1.29, 1.82) is 0 Å². The van der Waals surface area contributed by atoms with Crippen LogP contribution in [0.3, 0.4) is 0 Å². The highest BCUT2D eigenvalue weighted by atomic mass is 31.2. The van der Waals surface area contributed by atoms with Crippen LogP contribution in [-0.4, -0.2) is 65.7 Å². The Morgan fingerprint density at radius 3 is 1.57 bits per heavy atom. The van der Waals surface area contributed by atoms with Crippen LogP contribution in [0.4, 0.5) is 0 Å². The summed E-state index contributed by atoms with van der Waals surface area (Å²) in [5.41, 5.74) is 0. The van der Waals surface area contributed by atoms with Crippen LogP contribution in [0.5, 0.6) is 0 Å². The highest BCUT2D eigenvalue weighted by Gasteiger charge is 2.27. The maximum atomic E-state index is 12.5. The molecule has 0 aromatic rings. The van der Waals surface area contributed by atoms with Gasteiger partial charge in [0, 0.05) is 12.8 Å². The summed E-state index contributed by atoms with van der Waals surface area (Å²) >= 11 is 0. The van der Waals surface area contributed by atoms with Crippen molar-refractivity contribution in [2.24, 2.45) is 0 Å². The first-order chi connectivity index (χ1) is 22.2. The van der Waals surface area contributed by atoms with E-state index in [0.29, 0.717) is 12.8 Å². The molecule has 0 fully saturated rings. The molecule has 3 unspecified atom stereocenters. The fourth-order valence-corrected chi connectivity index (χ4v) is 5.60. The number of phosphoric acid groups is 1. The zero-order chi connectivity index (χ0) is 34.1. The minimum atomic E-state index is -4.60. The Morgan fingerprint density at radius 2 is 1.07 bits per heavy atom. The SMILES string of the molecule is CCCCCCCC/C=C\CCCCCCCC(=O)OC(COC(=O)CCCCCCCCCC)COP(=O)(O)OCC(O)CO. The molecule has 0 radical (unpaired) electrons. The molecule has 0 aliphatic heterocycles. The van der Waals surface area contributed by atoms with Gasteiger partial charge in [-0.15, -0.1) is 0 Å². The van der Waals surface area contributed by atoms with Gasteiger partial charge < -0.3 is 24.6 Å². The number of allylic oxidation sites excluding steroid dienone is 2. The molecule has 0 aromatic heterocycles. The number of unbranched alkanes of at least 4 members (excludes halogenated alkanes) is 18. The number of esters is 2. The van der Waals surface area contributed by atoms with Crippen molar-refractivity contribution in [3.63, 3.8) is 0 Å². The van der Waals surface area contributed by atoms with E-state index in [9.17, 15) is 24.2 Å². The van der Waals surface area contributed by atoms with E-state index in [-0.39, 0.29) is 19.4 Å². The Balaban J connectivity index is 4.37. The predicted molar refractivity (Wildman–Crippen MR) is 182 cm³/mol. The van der Waals surface area contributed by atoms with E-state index in [0.717, 1.165) is 57.8 Å². The molecule has 0 spiro atoms. The summed E-state index contributed by atoms with van der Waals surface area (Å²) in [4.78, 5) is 34.6. The van der Waals surface area contributed by atoms with Crippen LogP contribution in [0.1, 0.15) is 162 Å². The summed E-state index contributed by atoms with van der Waals surface area (Å²) in [6.45, 7) is 2.31. The average Bonchev–Trinajstić information content (AvgIpc) is 3.04. The molecule has 3 atom stereocenters. The summed E-state index contributed by atoms with van der Waals surface area (Å²) in [6, 6.07) is 0. The first-order valence-corrected chi connectivity index (χ1v) is 19.6. The molecule has 0 aliphatic carbocycles. The third kappa shape index (κ3) is 31.3. The molecule has 0 bridgehead atoms. The largest absolute Gasteiger partial charge is 0.472 e. The second kappa shape index (κ2) is 32.3. The lowest BCUT2D eigenvalue weighted by Gasteiger charge is -2.20. The highest BCUT2D eigenvalue weighted by molar-refractivity contribution is 7.47. The van der Waals surface area contributed by atoms with E-state index in [4.69, 9.17) is 19.1 Å². The Kier molecular flexibility index (Phi) is 31.4. The van der Waals surface area contributed by atoms with E-state index in [1.165, 1.54) is 64.2 Å². The number of hydrogen-bond acceptors (Lipinski definition) is 9. The molecule has 0 aromatic carbocycles. The van der Waals surface area contributed by atoms with Crippen molar-refractivity contribution in [1.82, 2.24) is 0 Å². The molecule has 0 aliphatic rings. The van der Waals surface area contributed by atoms with Crippen LogP contribution in [-0.2, 0) is 32.7 Å². The minimum absolute atomic E-state index is 0.177. The number of carbonyl (C=O) groups is 2. The quantitative estimate of drug-likeness (QED) is 0.0262. The molecular weight excluding hydrogens is 611 g/mol. The van der Waals surface area contributed by atoms with Gasteiger partial charge in [0.05, 0.1) is 19.8 Å². The van der Waals surface area contributed by atoms with Gasteiger partial charge in [0.15, 0.2) is 6.10 Å². The molecule has 3 N–H and O–H groups in total. The maximum absolute atomic E-state index is 12.5. The number of carbonyl (C=O) groups excluding carboxylic acids is 2. The van der Waals surface area contributed by atoms with Crippen LogP contribution in [0.2, 0.25) is 0 Å². The zero-order valence-corrected chi connectivity index (χ0v) is 29.9. The number of phosphoric ester groups is 1. The van der Waals surface area contributed by atoms with E-state index in [1.54, 1.807) is 0 Å². The number of ether oxygens (including phenoxy) is 2. The topological polar surface area (TPSA) is 149 Å². The van der Waals surface area contributed by atoms with Gasteiger partial charge in [0.1, 0.15) is 12.7 Å². The molecule has 0 rings (SSSR count). The summed E-state index contributed by atoms with van der Waals surface area (Å²) in [7, 11) is -4.60. The van der Waals surface area contributed by atoms with Crippen molar-refractivity contribution in [2.45, 2.75) is 174 Å². The van der Waals surface area contributed by atoms with Gasteiger partial charge in [0.25, 0.3) is 0 Å². The van der Waals surface area contributed by atoms with Crippen LogP contribution in [0, 0.1) is 0 Å². The fraction of sp³-hybridized carbons (Fsp3) is 0.886. The van der Waals surface area contributed by atoms with Crippen molar-refractivity contribution < 1.29 is 47.8 Å². The second-order valence-electron chi connectivity index (χ2n) is 12.3. The molecule has 10 nitrogen and oxygen atoms in total. The Morgan fingerprint density at radius 1 is 0.630 bits per heavy atom. The standard InChI is InChI=1S/C35H67O10P/c1-3-5-7-9-11-13-14-15-16-17-18-19-21-23-25-27-35(39)45-33(31-44-46(40,41)43-29-32(37)28-36)30-42-34(38)26-24-22-20-12-10-8-6-4-2/h15-16,32-33,36-37H,3-14,17-31H2,1-2H3,(H,40,41)/b16-15-. The van der Waals surface area contributed by atoms with Gasteiger partial charge in [-0.05, 0) is 38.5 Å². The third-order valence-electron chi connectivity index (χ3n) is 7.67. The highest BCUT2D eigenvalue weighted by Crippen LogP contribution is 2.43. The van der Waals surface area contributed by atoms with Crippen molar-refractivity contribution in [3.05, 3.63) is 12.2 Å². The lowest BCUT2D eigenvalue weighted by Crippen LogP contribution is -2.29.